The normalized spacial score (nSPS) is 11.8. The molecule has 118 valence electrons. The fraction of sp³-hybridized carbons (Fsp3) is 0.462. The smallest absolute Gasteiger partial charge is 0.336 e. The maximum atomic E-state index is 12.5. The first kappa shape index (κ1) is 18.3. The van der Waals surface area contributed by atoms with Crippen molar-refractivity contribution >= 4 is 38.6 Å². The SMILES string of the molecule is CCOCCN(CC)S(=O)(=O)c1ccc(I)c(C(=O)O)c1. The molecule has 0 aliphatic heterocycles. The minimum atomic E-state index is -3.72. The molecule has 8 heteroatoms. The Kier molecular flexibility index (Phi) is 7.04. The van der Waals surface area contributed by atoms with Crippen LogP contribution >= 0.6 is 22.6 Å². The molecule has 21 heavy (non-hydrogen) atoms. The highest BCUT2D eigenvalue weighted by Gasteiger charge is 2.24. The molecule has 0 saturated carbocycles. The Morgan fingerprint density at radius 2 is 2.05 bits per heavy atom. The molecule has 0 fully saturated rings. The van der Waals surface area contributed by atoms with E-state index >= 15 is 0 Å². The van der Waals surface area contributed by atoms with E-state index in [2.05, 4.69) is 0 Å². The Morgan fingerprint density at radius 1 is 1.38 bits per heavy atom. The summed E-state index contributed by atoms with van der Waals surface area (Å²) in [4.78, 5) is 11.1. The first-order valence-corrected chi connectivity index (χ1v) is 8.97. The maximum Gasteiger partial charge on any atom is 0.336 e. The van der Waals surface area contributed by atoms with Crippen LogP contribution in [0.5, 0.6) is 0 Å². The van der Waals surface area contributed by atoms with Crippen molar-refractivity contribution in [2.45, 2.75) is 18.7 Å². The van der Waals surface area contributed by atoms with Gasteiger partial charge in [0.2, 0.25) is 10.0 Å². The first-order valence-electron chi connectivity index (χ1n) is 6.45. The van der Waals surface area contributed by atoms with Gasteiger partial charge in [0.15, 0.2) is 0 Å². The fourth-order valence-corrected chi connectivity index (χ4v) is 3.76. The number of rotatable bonds is 8. The predicted octanol–water partition coefficient (Wildman–Crippen LogP) is 2.04. The lowest BCUT2D eigenvalue weighted by Gasteiger charge is -2.20. The van der Waals surface area contributed by atoms with E-state index in [0.717, 1.165) is 0 Å². The summed E-state index contributed by atoms with van der Waals surface area (Å²) in [5.41, 5.74) is -0.0162. The van der Waals surface area contributed by atoms with Crippen molar-refractivity contribution < 1.29 is 23.1 Å². The van der Waals surface area contributed by atoms with Crippen LogP contribution in [0.2, 0.25) is 0 Å². The zero-order valence-electron chi connectivity index (χ0n) is 11.9. The number of hydrogen-bond donors (Lipinski definition) is 1. The molecule has 1 aromatic carbocycles. The van der Waals surface area contributed by atoms with E-state index in [1.165, 1.54) is 22.5 Å². The van der Waals surface area contributed by atoms with Gasteiger partial charge in [0, 0.05) is 23.3 Å². The molecule has 0 aliphatic carbocycles. The third kappa shape index (κ3) is 4.63. The van der Waals surface area contributed by atoms with Crippen LogP contribution in [0.1, 0.15) is 24.2 Å². The highest BCUT2D eigenvalue weighted by Crippen LogP contribution is 2.21. The molecule has 6 nitrogen and oxygen atoms in total. The minimum Gasteiger partial charge on any atom is -0.478 e. The van der Waals surface area contributed by atoms with Crippen LogP contribution in [0.25, 0.3) is 0 Å². The molecule has 0 atom stereocenters. The molecule has 0 radical (unpaired) electrons. The van der Waals surface area contributed by atoms with E-state index in [1.54, 1.807) is 6.92 Å². The van der Waals surface area contributed by atoms with Gasteiger partial charge in [-0.3, -0.25) is 0 Å². The molecule has 1 aromatic rings. The summed E-state index contributed by atoms with van der Waals surface area (Å²) in [6.07, 6.45) is 0. The van der Waals surface area contributed by atoms with Crippen molar-refractivity contribution in [1.29, 1.82) is 0 Å². The van der Waals surface area contributed by atoms with Crippen LogP contribution in [0.4, 0.5) is 0 Å². The summed E-state index contributed by atoms with van der Waals surface area (Å²) in [6.45, 7) is 4.92. The third-order valence-electron chi connectivity index (χ3n) is 2.85. The third-order valence-corrected chi connectivity index (χ3v) is 5.76. The van der Waals surface area contributed by atoms with Gasteiger partial charge in [0.25, 0.3) is 0 Å². The molecule has 0 spiro atoms. The van der Waals surface area contributed by atoms with Crippen molar-refractivity contribution in [3.05, 3.63) is 27.3 Å². The van der Waals surface area contributed by atoms with Crippen molar-refractivity contribution in [3.8, 4) is 0 Å². The molecule has 0 amide bonds. The molecule has 0 aliphatic rings. The molecular formula is C13H18INO5S. The Hall–Kier alpha value is -0.710. The van der Waals surface area contributed by atoms with E-state index in [1.807, 2.05) is 29.5 Å². The zero-order valence-corrected chi connectivity index (χ0v) is 14.8. The topological polar surface area (TPSA) is 83.9 Å². The quantitative estimate of drug-likeness (QED) is 0.507. The number of carbonyl (C=O) groups is 1. The number of aromatic carboxylic acids is 1. The van der Waals surface area contributed by atoms with Crippen molar-refractivity contribution in [1.82, 2.24) is 4.31 Å². The monoisotopic (exact) mass is 427 g/mol. The van der Waals surface area contributed by atoms with Gasteiger partial charge in [-0.05, 0) is 47.7 Å². The lowest BCUT2D eigenvalue weighted by Crippen LogP contribution is -2.34. The number of likely N-dealkylation sites (N-methyl/N-ethyl adjacent to an activating group) is 1. The molecule has 0 saturated heterocycles. The van der Waals surface area contributed by atoms with E-state index in [-0.39, 0.29) is 17.0 Å². The van der Waals surface area contributed by atoms with Gasteiger partial charge in [-0.1, -0.05) is 6.92 Å². The second-order valence-electron chi connectivity index (χ2n) is 4.14. The Morgan fingerprint density at radius 3 is 2.57 bits per heavy atom. The lowest BCUT2D eigenvalue weighted by atomic mass is 10.2. The first-order chi connectivity index (χ1) is 9.84. The standard InChI is InChI=1S/C13H18INO5S/c1-3-15(7-8-20-4-2)21(18,19)10-5-6-12(14)11(9-10)13(16)17/h5-6,9H,3-4,7-8H2,1-2H3,(H,16,17). The molecule has 0 aromatic heterocycles. The second-order valence-corrected chi connectivity index (χ2v) is 7.24. The molecule has 1 rings (SSSR count). The summed E-state index contributed by atoms with van der Waals surface area (Å²) in [6, 6.07) is 4.11. The highest BCUT2D eigenvalue weighted by atomic mass is 127. The summed E-state index contributed by atoms with van der Waals surface area (Å²) in [5.74, 6) is -1.14. The van der Waals surface area contributed by atoms with E-state index in [9.17, 15) is 13.2 Å². The zero-order chi connectivity index (χ0) is 16.0. The molecule has 0 unspecified atom stereocenters. The van der Waals surface area contributed by atoms with Crippen LogP contribution in [0.3, 0.4) is 0 Å². The summed E-state index contributed by atoms with van der Waals surface area (Å²) >= 11 is 1.87. The van der Waals surface area contributed by atoms with E-state index in [0.29, 0.717) is 23.3 Å². The molecular weight excluding hydrogens is 409 g/mol. The van der Waals surface area contributed by atoms with Crippen molar-refractivity contribution in [2.24, 2.45) is 0 Å². The van der Waals surface area contributed by atoms with Gasteiger partial charge < -0.3 is 9.84 Å². The number of ether oxygens (including phenoxy) is 1. The number of carboxylic acid groups (broad SMARTS) is 1. The van der Waals surface area contributed by atoms with Gasteiger partial charge in [-0.25, -0.2) is 13.2 Å². The van der Waals surface area contributed by atoms with Gasteiger partial charge in [-0.15, -0.1) is 0 Å². The number of benzene rings is 1. The van der Waals surface area contributed by atoms with E-state index in [4.69, 9.17) is 9.84 Å². The molecule has 0 bridgehead atoms. The molecule has 1 N–H and O–H groups in total. The largest absolute Gasteiger partial charge is 0.478 e. The number of carboxylic acids is 1. The summed E-state index contributed by atoms with van der Waals surface area (Å²) in [7, 11) is -3.72. The van der Waals surface area contributed by atoms with Gasteiger partial charge in [0.1, 0.15) is 0 Å². The second kappa shape index (κ2) is 8.06. The average Bonchev–Trinajstić information content (AvgIpc) is 2.43. The van der Waals surface area contributed by atoms with Crippen LogP contribution in [-0.4, -0.2) is 50.1 Å². The minimum absolute atomic E-state index is 0.0151. The van der Waals surface area contributed by atoms with Crippen LogP contribution < -0.4 is 0 Å². The number of hydrogen-bond acceptors (Lipinski definition) is 4. The molecule has 0 heterocycles. The maximum absolute atomic E-state index is 12.5. The lowest BCUT2D eigenvalue weighted by molar-refractivity contribution is 0.0695. The number of halogens is 1. The van der Waals surface area contributed by atoms with E-state index < -0.39 is 16.0 Å². The van der Waals surface area contributed by atoms with Crippen LogP contribution in [0.15, 0.2) is 23.1 Å². The average molecular weight is 427 g/mol. The number of nitrogens with zero attached hydrogens (tertiary/aromatic N) is 1. The van der Waals surface area contributed by atoms with Crippen molar-refractivity contribution in [2.75, 3.05) is 26.3 Å². The van der Waals surface area contributed by atoms with Gasteiger partial charge in [0.05, 0.1) is 17.1 Å². The fourth-order valence-electron chi connectivity index (χ4n) is 1.74. The highest BCUT2D eigenvalue weighted by molar-refractivity contribution is 14.1. The summed E-state index contributed by atoms with van der Waals surface area (Å²) < 4.78 is 32.0. The Balaban J connectivity index is 3.11. The Bertz CT molecular complexity index is 603. The predicted molar refractivity (Wildman–Crippen MR) is 87.0 cm³/mol. The Labute approximate surface area is 138 Å². The van der Waals surface area contributed by atoms with Gasteiger partial charge in [-0.2, -0.15) is 4.31 Å². The number of sulfonamides is 1. The van der Waals surface area contributed by atoms with Crippen LogP contribution in [-0.2, 0) is 14.8 Å². The van der Waals surface area contributed by atoms with Crippen molar-refractivity contribution in [3.63, 3.8) is 0 Å². The van der Waals surface area contributed by atoms with Gasteiger partial charge >= 0.3 is 5.97 Å². The summed E-state index contributed by atoms with van der Waals surface area (Å²) in [5, 5.41) is 9.09. The van der Waals surface area contributed by atoms with Crippen LogP contribution in [0, 0.1) is 3.57 Å².